The van der Waals surface area contributed by atoms with E-state index in [2.05, 4.69) is 19.1 Å². The van der Waals surface area contributed by atoms with Crippen molar-refractivity contribution in [1.29, 1.82) is 0 Å². The van der Waals surface area contributed by atoms with Crippen molar-refractivity contribution in [3.63, 3.8) is 0 Å². The first-order valence-electron chi connectivity index (χ1n) is 8.00. The van der Waals surface area contributed by atoms with Crippen LogP contribution in [-0.2, 0) is 30.2 Å². The number of cyclic esters (lactones) is 1. The molecule has 0 saturated carbocycles. The molecule has 0 radical (unpaired) electrons. The lowest BCUT2D eigenvalue weighted by Crippen LogP contribution is -2.12. The molecule has 4 rings (SSSR count). The van der Waals surface area contributed by atoms with Gasteiger partial charge >= 0.3 is 11.9 Å². The zero-order valence-corrected chi connectivity index (χ0v) is 13.8. The van der Waals surface area contributed by atoms with Crippen LogP contribution in [0, 0.1) is 19.8 Å². The number of hydrogen-bond acceptors (Lipinski definition) is 5. The molecule has 124 valence electrons. The van der Waals surface area contributed by atoms with E-state index in [9.17, 15) is 9.59 Å². The van der Waals surface area contributed by atoms with Crippen LogP contribution < -0.4 is 0 Å². The highest BCUT2D eigenvalue weighted by Crippen LogP contribution is 2.49. The van der Waals surface area contributed by atoms with Crippen LogP contribution in [0.5, 0.6) is 0 Å². The molecule has 0 spiro atoms. The van der Waals surface area contributed by atoms with Gasteiger partial charge in [0.15, 0.2) is 0 Å². The Balaban J connectivity index is 1.60. The van der Waals surface area contributed by atoms with Crippen molar-refractivity contribution in [3.8, 4) is 0 Å². The second-order valence-corrected chi connectivity index (χ2v) is 6.56. The molecule has 5 nitrogen and oxygen atoms in total. The Kier molecular flexibility index (Phi) is 3.27. The van der Waals surface area contributed by atoms with Gasteiger partial charge in [0.2, 0.25) is 0 Å². The molecular weight excluding hydrogens is 308 g/mol. The van der Waals surface area contributed by atoms with Crippen molar-refractivity contribution in [3.05, 3.63) is 57.9 Å². The van der Waals surface area contributed by atoms with E-state index >= 15 is 0 Å². The first kappa shape index (κ1) is 15.0. The fourth-order valence-corrected chi connectivity index (χ4v) is 3.68. The number of carbonyl (C=O) groups excluding carboxylic acids is 2. The molecule has 0 amide bonds. The van der Waals surface area contributed by atoms with Gasteiger partial charge in [-0.25, -0.2) is 9.59 Å². The summed E-state index contributed by atoms with van der Waals surface area (Å²) in [5.74, 6) is -0.805. The zero-order valence-electron chi connectivity index (χ0n) is 13.8. The van der Waals surface area contributed by atoms with E-state index < -0.39 is 12.3 Å². The quantitative estimate of drug-likeness (QED) is 0.475. The molecule has 1 aliphatic carbocycles. The van der Waals surface area contributed by atoms with Gasteiger partial charge in [0, 0.05) is 17.6 Å². The van der Waals surface area contributed by atoms with Crippen LogP contribution in [0.25, 0.3) is 0 Å². The highest BCUT2D eigenvalue weighted by molar-refractivity contribution is 5.92. The smallest absolute Gasteiger partial charge is 0.338 e. The molecule has 0 aromatic heterocycles. The van der Waals surface area contributed by atoms with Gasteiger partial charge in [-0.05, 0) is 49.4 Å². The standard InChI is InChI=1S/C19H18O5/c1-9-4-5-10(2)16-12(9)7-13-14(19(21)24-17(13)16)8-22-15-6-11(3)18(20)23-15/h4-6,8,13,15,17H,7H2,1-3H3/b14-8+/t13-,15-,17+/m0/s1. The van der Waals surface area contributed by atoms with Gasteiger partial charge in [-0.2, -0.15) is 0 Å². The summed E-state index contributed by atoms with van der Waals surface area (Å²) in [5.41, 5.74) is 5.74. The Bertz CT molecular complexity index is 817. The van der Waals surface area contributed by atoms with Crippen molar-refractivity contribution in [1.82, 2.24) is 0 Å². The predicted octanol–water partition coefficient (Wildman–Crippen LogP) is 2.80. The number of esters is 2. The second kappa shape index (κ2) is 5.23. The molecule has 3 atom stereocenters. The van der Waals surface area contributed by atoms with Crippen molar-refractivity contribution in [2.45, 2.75) is 39.6 Å². The summed E-state index contributed by atoms with van der Waals surface area (Å²) in [6.45, 7) is 5.78. The number of hydrogen-bond donors (Lipinski definition) is 0. The molecule has 2 heterocycles. The molecule has 0 unspecified atom stereocenters. The average Bonchev–Trinajstić information content (AvgIpc) is 3.14. The number of aryl methyl sites for hydroxylation is 2. The number of carbonyl (C=O) groups is 2. The van der Waals surface area contributed by atoms with E-state index in [1.807, 2.05) is 6.92 Å². The average molecular weight is 326 g/mol. The number of fused-ring (bicyclic) bond motifs is 3. The van der Waals surface area contributed by atoms with E-state index in [1.54, 1.807) is 13.0 Å². The SMILES string of the molecule is CC1=C[C@@H](O/C=C2/C(=O)O[C@H]3c4c(C)ccc(C)c4C[C@@H]23)OC1=O. The zero-order chi connectivity index (χ0) is 17.0. The minimum Gasteiger partial charge on any atom is -0.458 e. The first-order valence-corrected chi connectivity index (χ1v) is 8.00. The van der Waals surface area contributed by atoms with Gasteiger partial charge < -0.3 is 14.2 Å². The maximum absolute atomic E-state index is 12.2. The third kappa shape index (κ3) is 2.15. The lowest BCUT2D eigenvalue weighted by molar-refractivity contribution is -0.152. The number of benzene rings is 1. The van der Waals surface area contributed by atoms with Crippen molar-refractivity contribution in [2.75, 3.05) is 0 Å². The highest BCUT2D eigenvalue weighted by atomic mass is 16.7. The number of ether oxygens (including phenoxy) is 3. The Morgan fingerprint density at radius 1 is 1.08 bits per heavy atom. The van der Waals surface area contributed by atoms with Crippen LogP contribution in [-0.4, -0.2) is 18.2 Å². The lowest BCUT2D eigenvalue weighted by Gasteiger charge is -2.12. The summed E-state index contributed by atoms with van der Waals surface area (Å²) in [7, 11) is 0. The first-order chi connectivity index (χ1) is 11.5. The fraction of sp³-hybridized carbons (Fsp3) is 0.368. The topological polar surface area (TPSA) is 61.8 Å². The van der Waals surface area contributed by atoms with Crippen molar-refractivity contribution in [2.24, 2.45) is 5.92 Å². The maximum atomic E-state index is 12.2. The van der Waals surface area contributed by atoms with Gasteiger partial charge in [-0.15, -0.1) is 0 Å². The molecule has 0 bridgehead atoms. The molecule has 1 aromatic rings. The largest absolute Gasteiger partial charge is 0.458 e. The molecule has 24 heavy (non-hydrogen) atoms. The Morgan fingerprint density at radius 3 is 2.54 bits per heavy atom. The van der Waals surface area contributed by atoms with Gasteiger partial charge in [0.1, 0.15) is 6.10 Å². The van der Waals surface area contributed by atoms with Crippen molar-refractivity contribution < 1.29 is 23.8 Å². The van der Waals surface area contributed by atoms with E-state index in [-0.39, 0.29) is 18.0 Å². The molecule has 1 saturated heterocycles. The third-order valence-electron chi connectivity index (χ3n) is 5.01. The molecule has 5 heteroatoms. The van der Waals surface area contributed by atoms with Gasteiger partial charge in [-0.3, -0.25) is 0 Å². The number of rotatable bonds is 2. The second-order valence-electron chi connectivity index (χ2n) is 6.56. The van der Waals surface area contributed by atoms with Crippen LogP contribution in [0.2, 0.25) is 0 Å². The van der Waals surface area contributed by atoms with Crippen LogP contribution in [0.1, 0.15) is 35.3 Å². The summed E-state index contributed by atoms with van der Waals surface area (Å²) < 4.78 is 16.1. The summed E-state index contributed by atoms with van der Waals surface area (Å²) in [5, 5.41) is 0. The molecular formula is C19H18O5. The normalized spacial score (nSPS) is 29.2. The lowest BCUT2D eigenvalue weighted by atomic mass is 9.97. The maximum Gasteiger partial charge on any atom is 0.338 e. The molecule has 1 aromatic carbocycles. The minimum atomic E-state index is -0.774. The van der Waals surface area contributed by atoms with E-state index in [4.69, 9.17) is 14.2 Å². The monoisotopic (exact) mass is 326 g/mol. The summed E-state index contributed by atoms with van der Waals surface area (Å²) in [6, 6.07) is 4.16. The van der Waals surface area contributed by atoms with E-state index in [1.165, 1.54) is 17.4 Å². The Labute approximate surface area is 139 Å². The Hall–Kier alpha value is -2.56. The Morgan fingerprint density at radius 2 is 1.83 bits per heavy atom. The van der Waals surface area contributed by atoms with Gasteiger partial charge in [0.25, 0.3) is 6.29 Å². The molecule has 0 N–H and O–H groups in total. The summed E-state index contributed by atoms with van der Waals surface area (Å²) >= 11 is 0. The molecule has 3 aliphatic rings. The third-order valence-corrected chi connectivity index (χ3v) is 5.01. The fourth-order valence-electron chi connectivity index (χ4n) is 3.68. The van der Waals surface area contributed by atoms with Crippen LogP contribution in [0.3, 0.4) is 0 Å². The van der Waals surface area contributed by atoms with E-state index in [0.29, 0.717) is 11.1 Å². The molecule has 2 aliphatic heterocycles. The van der Waals surface area contributed by atoms with Crippen LogP contribution >= 0.6 is 0 Å². The van der Waals surface area contributed by atoms with E-state index in [0.717, 1.165) is 17.5 Å². The van der Waals surface area contributed by atoms with Crippen molar-refractivity contribution >= 4 is 11.9 Å². The highest BCUT2D eigenvalue weighted by Gasteiger charge is 2.47. The minimum absolute atomic E-state index is 0.0468. The van der Waals surface area contributed by atoms with Gasteiger partial charge in [0.05, 0.1) is 11.8 Å². The van der Waals surface area contributed by atoms with Crippen LogP contribution in [0.4, 0.5) is 0 Å². The summed E-state index contributed by atoms with van der Waals surface area (Å²) in [6.07, 6.45) is 2.73. The van der Waals surface area contributed by atoms with Gasteiger partial charge in [-0.1, -0.05) is 12.1 Å². The predicted molar refractivity (Wildman–Crippen MR) is 84.7 cm³/mol. The summed E-state index contributed by atoms with van der Waals surface area (Å²) in [4.78, 5) is 23.6. The molecule has 1 fully saturated rings. The van der Waals surface area contributed by atoms with Crippen LogP contribution in [0.15, 0.2) is 35.6 Å².